The number of carbonyl (C=O) groups excluding carboxylic acids is 1. The predicted octanol–water partition coefficient (Wildman–Crippen LogP) is 5.62. The highest BCUT2D eigenvalue weighted by Gasteiger charge is 2.29. The number of hydrogen-bond donors (Lipinski definition) is 1. The zero-order valence-electron chi connectivity index (χ0n) is 12.1. The Balaban J connectivity index is 2.02. The van der Waals surface area contributed by atoms with E-state index >= 15 is 0 Å². The third kappa shape index (κ3) is 2.39. The van der Waals surface area contributed by atoms with E-state index in [1.807, 2.05) is 36.4 Å². The highest BCUT2D eigenvalue weighted by Crippen LogP contribution is 2.44. The molecule has 0 fully saturated rings. The fraction of sp³-hybridized carbons (Fsp3) is 0.105. The van der Waals surface area contributed by atoms with Crippen molar-refractivity contribution in [3.05, 3.63) is 75.8 Å². The topological polar surface area (TPSA) is 29.1 Å². The largest absolute Gasteiger partial charge is 0.326 e. The zero-order valence-corrected chi connectivity index (χ0v) is 13.7. The van der Waals surface area contributed by atoms with Crippen LogP contribution in [0.1, 0.15) is 23.5 Å². The Labute approximate surface area is 144 Å². The van der Waals surface area contributed by atoms with Gasteiger partial charge in [0.15, 0.2) is 0 Å². The van der Waals surface area contributed by atoms with Gasteiger partial charge in [-0.05, 0) is 34.0 Å². The second kappa shape index (κ2) is 5.55. The van der Waals surface area contributed by atoms with Crippen molar-refractivity contribution < 1.29 is 4.79 Å². The summed E-state index contributed by atoms with van der Waals surface area (Å²) in [7, 11) is 0. The van der Waals surface area contributed by atoms with E-state index in [4.69, 9.17) is 23.2 Å². The van der Waals surface area contributed by atoms with Crippen LogP contribution in [0.3, 0.4) is 0 Å². The lowest BCUT2D eigenvalue weighted by Crippen LogP contribution is -2.24. The Morgan fingerprint density at radius 1 is 0.957 bits per heavy atom. The molecule has 1 atom stereocenters. The van der Waals surface area contributed by atoms with Crippen LogP contribution in [-0.2, 0) is 4.79 Å². The second-order valence-corrected chi connectivity index (χ2v) is 6.48. The van der Waals surface area contributed by atoms with Crippen LogP contribution < -0.4 is 5.32 Å². The van der Waals surface area contributed by atoms with Crippen LogP contribution in [0.15, 0.2) is 54.6 Å². The van der Waals surface area contributed by atoms with Gasteiger partial charge >= 0.3 is 0 Å². The minimum absolute atomic E-state index is 0.00572. The fourth-order valence-corrected chi connectivity index (χ4v) is 3.76. The second-order valence-electron chi connectivity index (χ2n) is 5.70. The molecule has 0 aromatic heterocycles. The number of anilines is 1. The summed E-state index contributed by atoms with van der Waals surface area (Å²) in [6, 6.07) is 17.7. The first-order chi connectivity index (χ1) is 11.1. The molecule has 3 aromatic rings. The molecule has 0 aliphatic carbocycles. The van der Waals surface area contributed by atoms with Crippen molar-refractivity contribution in [1.29, 1.82) is 0 Å². The van der Waals surface area contributed by atoms with Crippen molar-refractivity contribution >= 4 is 45.6 Å². The van der Waals surface area contributed by atoms with Crippen molar-refractivity contribution in [2.45, 2.75) is 12.3 Å². The monoisotopic (exact) mass is 341 g/mol. The summed E-state index contributed by atoms with van der Waals surface area (Å²) in [6.07, 6.45) is 0.362. The summed E-state index contributed by atoms with van der Waals surface area (Å²) in [5, 5.41) is 6.28. The number of hydrogen-bond acceptors (Lipinski definition) is 1. The molecule has 1 heterocycles. The van der Waals surface area contributed by atoms with Crippen LogP contribution in [0, 0.1) is 0 Å². The van der Waals surface area contributed by atoms with Crippen LogP contribution in [0.4, 0.5) is 5.69 Å². The maximum atomic E-state index is 12.2. The molecule has 23 heavy (non-hydrogen) atoms. The summed E-state index contributed by atoms with van der Waals surface area (Å²) in [4.78, 5) is 12.2. The van der Waals surface area contributed by atoms with Crippen LogP contribution in [-0.4, -0.2) is 5.91 Å². The molecule has 0 saturated carbocycles. The highest BCUT2D eigenvalue weighted by atomic mass is 35.5. The zero-order chi connectivity index (χ0) is 16.0. The SMILES string of the molecule is O=C1CC(c2cccc(Cl)c2Cl)c2c(ccc3ccccc23)N1. The molecule has 1 aliphatic rings. The smallest absolute Gasteiger partial charge is 0.225 e. The lowest BCUT2D eigenvalue weighted by atomic mass is 9.82. The molecule has 1 amide bonds. The third-order valence-corrected chi connectivity index (χ3v) is 5.17. The average molecular weight is 342 g/mol. The van der Waals surface area contributed by atoms with E-state index in [0.29, 0.717) is 16.5 Å². The molecular formula is C19H13Cl2NO. The van der Waals surface area contributed by atoms with Crippen molar-refractivity contribution in [2.24, 2.45) is 0 Å². The van der Waals surface area contributed by atoms with Gasteiger partial charge in [-0.3, -0.25) is 4.79 Å². The molecule has 0 bridgehead atoms. The first-order valence-electron chi connectivity index (χ1n) is 7.40. The van der Waals surface area contributed by atoms with Gasteiger partial charge in [0.25, 0.3) is 0 Å². The molecule has 0 radical (unpaired) electrons. The average Bonchev–Trinajstić information content (AvgIpc) is 2.56. The minimum Gasteiger partial charge on any atom is -0.326 e. The number of rotatable bonds is 1. The van der Waals surface area contributed by atoms with Crippen LogP contribution in [0.2, 0.25) is 10.0 Å². The number of benzene rings is 3. The molecule has 1 unspecified atom stereocenters. The fourth-order valence-electron chi connectivity index (χ4n) is 3.32. The predicted molar refractivity (Wildman–Crippen MR) is 95.5 cm³/mol. The maximum absolute atomic E-state index is 12.2. The van der Waals surface area contributed by atoms with Gasteiger partial charge < -0.3 is 5.32 Å². The van der Waals surface area contributed by atoms with Crippen LogP contribution in [0.5, 0.6) is 0 Å². The number of carbonyl (C=O) groups is 1. The highest BCUT2D eigenvalue weighted by molar-refractivity contribution is 6.42. The Morgan fingerprint density at radius 2 is 1.78 bits per heavy atom. The molecule has 3 aromatic carbocycles. The Morgan fingerprint density at radius 3 is 2.65 bits per heavy atom. The Kier molecular flexibility index (Phi) is 3.51. The maximum Gasteiger partial charge on any atom is 0.225 e. The van der Waals surface area contributed by atoms with E-state index in [1.54, 1.807) is 6.07 Å². The van der Waals surface area contributed by atoms with Gasteiger partial charge in [0.1, 0.15) is 0 Å². The van der Waals surface area contributed by atoms with Crippen molar-refractivity contribution in [3.8, 4) is 0 Å². The van der Waals surface area contributed by atoms with E-state index in [1.165, 1.54) is 0 Å². The first-order valence-corrected chi connectivity index (χ1v) is 8.16. The van der Waals surface area contributed by atoms with Crippen molar-refractivity contribution in [1.82, 2.24) is 0 Å². The van der Waals surface area contributed by atoms with E-state index in [9.17, 15) is 4.79 Å². The quantitative estimate of drug-likeness (QED) is 0.611. The van der Waals surface area contributed by atoms with Crippen molar-refractivity contribution in [3.63, 3.8) is 0 Å². The molecule has 0 saturated heterocycles. The lowest BCUT2D eigenvalue weighted by Gasteiger charge is -2.28. The number of fused-ring (bicyclic) bond motifs is 3. The molecule has 4 heteroatoms. The minimum atomic E-state index is -0.101. The third-order valence-electron chi connectivity index (χ3n) is 4.34. The molecule has 2 nitrogen and oxygen atoms in total. The summed E-state index contributed by atoms with van der Waals surface area (Å²) in [6.45, 7) is 0. The summed E-state index contributed by atoms with van der Waals surface area (Å²) in [5.41, 5.74) is 2.85. The molecular weight excluding hydrogens is 329 g/mol. The summed E-state index contributed by atoms with van der Waals surface area (Å²) >= 11 is 12.6. The molecule has 0 spiro atoms. The van der Waals surface area contributed by atoms with E-state index in [0.717, 1.165) is 27.6 Å². The van der Waals surface area contributed by atoms with Crippen molar-refractivity contribution in [2.75, 3.05) is 5.32 Å². The van der Waals surface area contributed by atoms with E-state index < -0.39 is 0 Å². The molecule has 4 rings (SSSR count). The molecule has 1 aliphatic heterocycles. The Bertz CT molecular complexity index is 936. The van der Waals surface area contributed by atoms with Gasteiger partial charge in [-0.1, -0.05) is 65.7 Å². The van der Waals surface area contributed by atoms with Crippen LogP contribution >= 0.6 is 23.2 Å². The molecule has 1 N–H and O–H groups in total. The molecule has 114 valence electrons. The summed E-state index contributed by atoms with van der Waals surface area (Å²) < 4.78 is 0. The van der Waals surface area contributed by atoms with Gasteiger partial charge in [0.2, 0.25) is 5.91 Å². The van der Waals surface area contributed by atoms with Gasteiger partial charge in [0.05, 0.1) is 10.0 Å². The number of amides is 1. The van der Waals surface area contributed by atoms with Crippen LogP contribution in [0.25, 0.3) is 10.8 Å². The number of halogens is 2. The standard InChI is InChI=1S/C19H13Cl2NO/c20-15-7-3-6-13(19(15)21)14-10-17(23)22-16-9-8-11-4-1-2-5-12(11)18(14)16/h1-9,14H,10H2,(H,22,23). The normalized spacial score (nSPS) is 17.0. The number of nitrogens with one attached hydrogen (secondary N) is 1. The Hall–Kier alpha value is -2.03. The van der Waals surface area contributed by atoms with Gasteiger partial charge in [-0.2, -0.15) is 0 Å². The lowest BCUT2D eigenvalue weighted by molar-refractivity contribution is -0.116. The first kappa shape index (κ1) is 14.6. The van der Waals surface area contributed by atoms with E-state index in [2.05, 4.69) is 17.4 Å². The van der Waals surface area contributed by atoms with Gasteiger partial charge in [0, 0.05) is 18.0 Å². The van der Waals surface area contributed by atoms with E-state index in [-0.39, 0.29) is 11.8 Å². The van der Waals surface area contributed by atoms with Gasteiger partial charge in [-0.15, -0.1) is 0 Å². The summed E-state index contributed by atoms with van der Waals surface area (Å²) in [5.74, 6) is -0.107. The van der Waals surface area contributed by atoms with Gasteiger partial charge in [-0.25, -0.2) is 0 Å².